The number of anilines is 1. The Morgan fingerprint density at radius 2 is 2.14 bits per heavy atom. The molecule has 28 heavy (non-hydrogen) atoms. The molecule has 12 heteroatoms. The highest BCUT2D eigenvalue weighted by Gasteiger charge is 2.27. The number of hydrogen-bond acceptors (Lipinski definition) is 9. The summed E-state index contributed by atoms with van der Waals surface area (Å²) in [6.45, 7) is -0.369. The van der Waals surface area contributed by atoms with E-state index in [4.69, 9.17) is 19.3 Å². The first kappa shape index (κ1) is 19.4. The molecule has 2 atom stereocenters. The molecule has 1 fully saturated rings. The number of nitro groups is 1. The van der Waals surface area contributed by atoms with Crippen LogP contribution in [0.15, 0.2) is 41.3 Å². The third-order valence-corrected chi connectivity index (χ3v) is 3.77. The van der Waals surface area contributed by atoms with E-state index in [1.165, 1.54) is 41.1 Å². The molecule has 0 radical (unpaired) electrons. The molecular formula is C16H16N4O8. The lowest BCUT2D eigenvalue weighted by atomic mass is 10.2. The van der Waals surface area contributed by atoms with Crippen molar-refractivity contribution in [3.8, 4) is 0 Å². The average molecular weight is 392 g/mol. The largest absolute Gasteiger partial charge is 0.444 e. The van der Waals surface area contributed by atoms with Gasteiger partial charge < -0.3 is 19.3 Å². The van der Waals surface area contributed by atoms with Gasteiger partial charge in [-0.3, -0.25) is 20.0 Å². The molecular weight excluding hydrogens is 376 g/mol. The van der Waals surface area contributed by atoms with E-state index < -0.39 is 29.2 Å². The van der Waals surface area contributed by atoms with E-state index in [1.54, 1.807) is 0 Å². The Balaban J connectivity index is 1.55. The topological polar surface area (TPSA) is 155 Å². The summed E-state index contributed by atoms with van der Waals surface area (Å²) in [5.74, 6) is -0.0208. The van der Waals surface area contributed by atoms with Crippen LogP contribution in [0.2, 0.25) is 0 Å². The summed E-state index contributed by atoms with van der Waals surface area (Å²) in [6.07, 6.45) is -0.997. The lowest BCUT2D eigenvalue weighted by Crippen LogP contribution is -2.29. The maximum absolute atomic E-state index is 12.1. The molecule has 148 valence electrons. The molecule has 2 aromatic rings. The van der Waals surface area contributed by atoms with E-state index in [0.717, 1.165) is 0 Å². The van der Waals surface area contributed by atoms with E-state index in [0.29, 0.717) is 5.56 Å². The van der Waals surface area contributed by atoms with Gasteiger partial charge in [-0.15, -0.1) is 0 Å². The molecule has 0 bridgehead atoms. The van der Waals surface area contributed by atoms with Gasteiger partial charge in [0.15, 0.2) is 12.5 Å². The Bertz CT molecular complexity index is 914. The van der Waals surface area contributed by atoms with Crippen molar-refractivity contribution >= 4 is 17.6 Å². The molecule has 1 amide bonds. The van der Waals surface area contributed by atoms with Crippen molar-refractivity contribution in [3.05, 3.63) is 62.7 Å². The summed E-state index contributed by atoms with van der Waals surface area (Å²) in [4.78, 5) is 37.7. The van der Waals surface area contributed by atoms with E-state index in [-0.39, 0.29) is 31.3 Å². The second-order valence-electron chi connectivity index (χ2n) is 5.66. The number of non-ortho nitro benzene ring substituents is 1. The second-order valence-corrected chi connectivity index (χ2v) is 5.66. The minimum atomic E-state index is -0.844. The van der Waals surface area contributed by atoms with Crippen LogP contribution in [-0.2, 0) is 20.8 Å². The Morgan fingerprint density at radius 1 is 1.39 bits per heavy atom. The fourth-order valence-electron chi connectivity index (χ4n) is 2.39. The zero-order valence-electron chi connectivity index (χ0n) is 14.4. The Hall–Kier alpha value is -3.35. The van der Waals surface area contributed by atoms with Crippen LogP contribution in [0.5, 0.6) is 0 Å². The number of rotatable bonds is 6. The van der Waals surface area contributed by atoms with Gasteiger partial charge in [0.1, 0.15) is 12.4 Å². The number of amides is 1. The summed E-state index contributed by atoms with van der Waals surface area (Å²) in [5.41, 5.74) is -0.193. The number of carbonyl (C=O) groups is 1. The molecule has 0 aliphatic carbocycles. The smallest absolute Gasteiger partial charge is 0.413 e. The molecule has 12 nitrogen and oxygen atoms in total. The summed E-state index contributed by atoms with van der Waals surface area (Å²) in [7, 11) is 0. The molecule has 0 spiro atoms. The maximum atomic E-state index is 12.1. The highest BCUT2D eigenvalue weighted by molar-refractivity contribution is 5.83. The van der Waals surface area contributed by atoms with Gasteiger partial charge in [0, 0.05) is 18.3 Å². The van der Waals surface area contributed by atoms with E-state index in [2.05, 4.69) is 10.3 Å². The average Bonchev–Trinajstić information content (AvgIpc) is 3.16. The van der Waals surface area contributed by atoms with Gasteiger partial charge in [-0.1, -0.05) is 0 Å². The van der Waals surface area contributed by atoms with E-state index in [1.807, 2.05) is 0 Å². The number of nitrogens with one attached hydrogen (secondary N) is 1. The number of aliphatic hydroxyl groups is 1. The standard InChI is InChI=1S/C16H16N4O8/c21-7-14-26-9-13(28-14)19-6-5-12(17-15(19)22)18-16(23)27-8-10-1-3-11(4-2-10)20(24)25/h1-6,13-14,21H,7-9H2,(H,17,18,22,23)/t13-,14-/m0/s1. The van der Waals surface area contributed by atoms with Gasteiger partial charge in [0.2, 0.25) is 0 Å². The molecule has 1 saturated heterocycles. The van der Waals surface area contributed by atoms with Gasteiger partial charge in [0.05, 0.1) is 18.1 Å². The predicted octanol–water partition coefficient (Wildman–Crippen LogP) is 0.764. The maximum Gasteiger partial charge on any atom is 0.413 e. The predicted molar refractivity (Wildman–Crippen MR) is 92.3 cm³/mol. The lowest BCUT2D eigenvalue weighted by Gasteiger charge is -2.13. The first-order chi connectivity index (χ1) is 13.5. The number of hydrogen-bond donors (Lipinski definition) is 2. The third-order valence-electron chi connectivity index (χ3n) is 3.77. The molecule has 1 aromatic carbocycles. The summed E-state index contributed by atoms with van der Waals surface area (Å²) in [6, 6.07) is 6.91. The fraction of sp³-hybridized carbons (Fsp3) is 0.312. The molecule has 1 aliphatic rings. The Labute approximate surface area is 157 Å². The van der Waals surface area contributed by atoms with Crippen molar-refractivity contribution in [1.29, 1.82) is 0 Å². The number of benzene rings is 1. The van der Waals surface area contributed by atoms with Crippen LogP contribution >= 0.6 is 0 Å². The number of nitrogens with zero attached hydrogens (tertiary/aromatic N) is 3. The van der Waals surface area contributed by atoms with Crippen molar-refractivity contribution in [3.63, 3.8) is 0 Å². The van der Waals surface area contributed by atoms with Crippen LogP contribution in [0.1, 0.15) is 11.8 Å². The van der Waals surface area contributed by atoms with Crippen molar-refractivity contribution in [2.75, 3.05) is 18.5 Å². The van der Waals surface area contributed by atoms with Crippen LogP contribution in [0.25, 0.3) is 0 Å². The minimum absolute atomic E-state index is 0.0208. The monoisotopic (exact) mass is 392 g/mol. The van der Waals surface area contributed by atoms with Gasteiger partial charge in [0.25, 0.3) is 5.69 Å². The SMILES string of the molecule is O=C(Nc1ccn([C@@H]2CO[C@H](CO)O2)c(=O)n1)OCc1ccc([N+](=O)[O-])cc1. The Morgan fingerprint density at radius 3 is 2.75 bits per heavy atom. The second kappa shape index (κ2) is 8.56. The van der Waals surface area contributed by atoms with Crippen molar-refractivity contribution in [2.45, 2.75) is 19.1 Å². The summed E-state index contributed by atoms with van der Waals surface area (Å²) < 4.78 is 16.6. The van der Waals surface area contributed by atoms with Crippen LogP contribution in [0, 0.1) is 10.1 Å². The Kier molecular flexibility index (Phi) is 5.93. The normalized spacial score (nSPS) is 18.6. The molecule has 1 aliphatic heterocycles. The van der Waals surface area contributed by atoms with E-state index >= 15 is 0 Å². The van der Waals surface area contributed by atoms with Crippen LogP contribution in [0.3, 0.4) is 0 Å². The first-order valence-corrected chi connectivity index (χ1v) is 8.10. The van der Waals surface area contributed by atoms with Crippen LogP contribution in [-0.4, -0.2) is 45.2 Å². The molecule has 2 N–H and O–H groups in total. The molecule has 1 aromatic heterocycles. The van der Waals surface area contributed by atoms with Crippen LogP contribution in [0.4, 0.5) is 16.3 Å². The van der Waals surface area contributed by atoms with Gasteiger partial charge in [-0.25, -0.2) is 9.59 Å². The zero-order valence-corrected chi connectivity index (χ0v) is 14.4. The molecule has 3 rings (SSSR count). The van der Waals surface area contributed by atoms with Gasteiger partial charge in [-0.2, -0.15) is 4.98 Å². The number of nitro benzene ring substituents is 1. The molecule has 0 unspecified atom stereocenters. The number of carbonyl (C=O) groups excluding carboxylic acids is 1. The zero-order chi connectivity index (χ0) is 20.1. The number of aromatic nitrogens is 2. The number of aliphatic hydroxyl groups excluding tert-OH is 1. The lowest BCUT2D eigenvalue weighted by molar-refractivity contribution is -0.384. The van der Waals surface area contributed by atoms with Gasteiger partial charge in [-0.05, 0) is 23.8 Å². The van der Waals surface area contributed by atoms with Crippen LogP contribution < -0.4 is 11.0 Å². The van der Waals surface area contributed by atoms with Crippen molar-refractivity contribution in [1.82, 2.24) is 9.55 Å². The highest BCUT2D eigenvalue weighted by Crippen LogP contribution is 2.19. The van der Waals surface area contributed by atoms with Gasteiger partial charge >= 0.3 is 11.8 Å². The first-order valence-electron chi connectivity index (χ1n) is 8.10. The molecule has 0 saturated carbocycles. The minimum Gasteiger partial charge on any atom is -0.444 e. The number of ether oxygens (including phenoxy) is 3. The highest BCUT2D eigenvalue weighted by atomic mass is 16.7. The van der Waals surface area contributed by atoms with E-state index in [9.17, 15) is 19.7 Å². The summed E-state index contributed by atoms with van der Waals surface area (Å²) in [5, 5.41) is 21.9. The fourth-order valence-corrected chi connectivity index (χ4v) is 2.39. The quantitative estimate of drug-likeness (QED) is 0.535. The van der Waals surface area contributed by atoms with Crippen molar-refractivity contribution in [2.24, 2.45) is 0 Å². The third kappa shape index (κ3) is 4.68. The molecule has 2 heterocycles. The summed E-state index contributed by atoms with van der Waals surface area (Å²) >= 11 is 0. The van der Waals surface area contributed by atoms with Crippen molar-refractivity contribution < 1.29 is 29.0 Å².